The Morgan fingerprint density at radius 2 is 1.72 bits per heavy atom. The number of esters is 2. The molecule has 0 N–H and O–H groups in total. The van der Waals surface area contributed by atoms with Gasteiger partial charge >= 0.3 is 11.9 Å². The van der Waals surface area contributed by atoms with Crippen LogP contribution in [0.3, 0.4) is 0 Å². The van der Waals surface area contributed by atoms with Crippen molar-refractivity contribution in [1.29, 1.82) is 0 Å². The van der Waals surface area contributed by atoms with E-state index in [-0.39, 0.29) is 11.8 Å². The van der Waals surface area contributed by atoms with E-state index >= 15 is 0 Å². The predicted molar refractivity (Wildman–Crippen MR) is 71.9 cm³/mol. The Hall–Kier alpha value is -0.140. The first kappa shape index (κ1) is 15.9. The van der Waals surface area contributed by atoms with Gasteiger partial charge in [-0.3, -0.25) is 0 Å². The molecule has 0 aliphatic carbocycles. The van der Waals surface area contributed by atoms with Crippen molar-refractivity contribution in [2.45, 2.75) is 10.7 Å². The lowest BCUT2D eigenvalue weighted by atomic mass is 9.87. The summed E-state index contributed by atoms with van der Waals surface area (Å²) in [6, 6.07) is 0. The van der Waals surface area contributed by atoms with Gasteiger partial charge < -0.3 is 14.2 Å². The molecular formula is C11H16Br2O5. The maximum absolute atomic E-state index is 11.8. The summed E-state index contributed by atoms with van der Waals surface area (Å²) in [5.41, 5.74) is 0. The van der Waals surface area contributed by atoms with Gasteiger partial charge in [-0.15, -0.1) is 0 Å². The summed E-state index contributed by atoms with van der Waals surface area (Å²) in [5, 5.41) is 0.767. The molecule has 7 heteroatoms. The summed E-state index contributed by atoms with van der Waals surface area (Å²) in [6.07, 6.45) is 0.294. The molecule has 0 spiro atoms. The molecule has 0 aromatic rings. The van der Waals surface area contributed by atoms with E-state index in [0.717, 1.165) is 5.33 Å². The molecular weight excluding hydrogens is 372 g/mol. The van der Waals surface area contributed by atoms with E-state index < -0.39 is 16.3 Å². The second kappa shape index (κ2) is 6.86. The number of alkyl halides is 2. The van der Waals surface area contributed by atoms with Crippen molar-refractivity contribution in [3.63, 3.8) is 0 Å². The van der Waals surface area contributed by atoms with Crippen molar-refractivity contribution in [3.05, 3.63) is 0 Å². The van der Waals surface area contributed by atoms with Gasteiger partial charge in [0.1, 0.15) is 0 Å². The number of carbonyl (C=O) groups is 2. The lowest BCUT2D eigenvalue weighted by Gasteiger charge is -2.26. The molecule has 1 saturated heterocycles. The molecule has 5 nitrogen and oxygen atoms in total. The first-order chi connectivity index (χ1) is 8.49. The van der Waals surface area contributed by atoms with E-state index in [9.17, 15) is 9.59 Å². The summed E-state index contributed by atoms with van der Waals surface area (Å²) in [4.78, 5) is 23.6. The van der Waals surface area contributed by atoms with Crippen LogP contribution >= 0.6 is 31.9 Å². The van der Waals surface area contributed by atoms with Crippen LogP contribution in [-0.4, -0.2) is 49.0 Å². The molecule has 0 aromatic carbocycles. The van der Waals surface area contributed by atoms with Crippen LogP contribution in [0.5, 0.6) is 0 Å². The number of ether oxygens (including phenoxy) is 3. The molecule has 1 heterocycles. The molecule has 0 saturated carbocycles. The lowest BCUT2D eigenvalue weighted by Crippen LogP contribution is -2.45. The fourth-order valence-corrected chi connectivity index (χ4v) is 3.43. The quantitative estimate of drug-likeness (QED) is 0.406. The van der Waals surface area contributed by atoms with Gasteiger partial charge in [0, 0.05) is 11.9 Å². The number of hydrogen-bond acceptors (Lipinski definition) is 5. The highest BCUT2D eigenvalue weighted by atomic mass is 79.9. The average molecular weight is 388 g/mol. The molecule has 0 bridgehead atoms. The summed E-state index contributed by atoms with van der Waals surface area (Å²) in [7, 11) is 2.49. The van der Waals surface area contributed by atoms with Crippen molar-refractivity contribution in [2.24, 2.45) is 11.8 Å². The molecule has 0 aromatic heterocycles. The van der Waals surface area contributed by atoms with Gasteiger partial charge in [0.05, 0.1) is 20.8 Å². The van der Waals surface area contributed by atoms with Gasteiger partial charge in [0.2, 0.25) is 4.32 Å². The number of halogens is 2. The molecule has 0 amide bonds. The second-order valence-corrected chi connectivity index (χ2v) is 6.20. The third-order valence-corrected chi connectivity index (χ3v) is 4.89. The van der Waals surface area contributed by atoms with Gasteiger partial charge in [-0.1, -0.05) is 31.9 Å². The van der Waals surface area contributed by atoms with Crippen LogP contribution < -0.4 is 0 Å². The van der Waals surface area contributed by atoms with Crippen LogP contribution in [0.2, 0.25) is 0 Å². The lowest BCUT2D eigenvalue weighted by molar-refractivity contribution is -0.156. The predicted octanol–water partition coefficient (Wildman–Crippen LogP) is 1.51. The summed E-state index contributed by atoms with van der Waals surface area (Å²) in [6.45, 7) is 1.15. The van der Waals surface area contributed by atoms with Crippen molar-refractivity contribution >= 4 is 43.8 Å². The third-order valence-electron chi connectivity index (χ3n) is 3.09. The van der Waals surface area contributed by atoms with E-state index in [1.54, 1.807) is 0 Å². The van der Waals surface area contributed by atoms with Gasteiger partial charge in [-0.05, 0) is 18.3 Å². The zero-order chi connectivity index (χ0) is 13.8. The highest BCUT2D eigenvalue weighted by Crippen LogP contribution is 2.36. The molecule has 1 fully saturated rings. The van der Waals surface area contributed by atoms with Gasteiger partial charge in [0.25, 0.3) is 0 Å². The van der Waals surface area contributed by atoms with Crippen LogP contribution in [0.15, 0.2) is 0 Å². The minimum absolute atomic E-state index is 0.0990. The van der Waals surface area contributed by atoms with Crippen LogP contribution in [0.1, 0.15) is 6.42 Å². The fraction of sp³-hybridized carbons (Fsp3) is 0.818. The zero-order valence-electron chi connectivity index (χ0n) is 10.3. The SMILES string of the molecule is COC(=O)C(Br)(C[C@H]1COC[C@H]1CBr)C(=O)OC. The largest absolute Gasteiger partial charge is 0.468 e. The maximum atomic E-state index is 11.8. The molecule has 0 radical (unpaired) electrons. The fourth-order valence-electron chi connectivity index (χ4n) is 1.97. The minimum atomic E-state index is -1.45. The van der Waals surface area contributed by atoms with E-state index in [4.69, 9.17) is 4.74 Å². The summed E-state index contributed by atoms with van der Waals surface area (Å²) < 4.78 is 13.3. The highest BCUT2D eigenvalue weighted by Gasteiger charge is 2.49. The molecule has 1 aliphatic rings. The second-order valence-electron chi connectivity index (χ2n) is 4.20. The Morgan fingerprint density at radius 3 is 2.17 bits per heavy atom. The topological polar surface area (TPSA) is 61.8 Å². The van der Waals surface area contributed by atoms with Crippen LogP contribution in [0.4, 0.5) is 0 Å². The molecule has 1 aliphatic heterocycles. The minimum Gasteiger partial charge on any atom is -0.468 e. The van der Waals surface area contributed by atoms with Crippen molar-refractivity contribution < 1.29 is 23.8 Å². The molecule has 2 atom stereocenters. The number of hydrogen-bond donors (Lipinski definition) is 0. The first-order valence-corrected chi connectivity index (χ1v) is 7.40. The Morgan fingerprint density at radius 1 is 1.22 bits per heavy atom. The van der Waals surface area contributed by atoms with Gasteiger partial charge in [-0.25, -0.2) is 9.59 Å². The zero-order valence-corrected chi connectivity index (χ0v) is 13.5. The van der Waals surface area contributed by atoms with E-state index in [0.29, 0.717) is 19.6 Å². The molecule has 0 unspecified atom stereocenters. The molecule has 18 heavy (non-hydrogen) atoms. The number of rotatable bonds is 5. The van der Waals surface area contributed by atoms with Crippen LogP contribution in [0.25, 0.3) is 0 Å². The van der Waals surface area contributed by atoms with Gasteiger partial charge in [-0.2, -0.15) is 0 Å². The normalized spacial score (nSPS) is 23.8. The van der Waals surface area contributed by atoms with Crippen molar-refractivity contribution in [1.82, 2.24) is 0 Å². The molecule has 104 valence electrons. The van der Waals surface area contributed by atoms with E-state index in [2.05, 4.69) is 41.3 Å². The smallest absolute Gasteiger partial charge is 0.334 e. The van der Waals surface area contributed by atoms with Crippen molar-refractivity contribution in [2.75, 3.05) is 32.8 Å². The molecule has 1 rings (SSSR count). The average Bonchev–Trinajstić information content (AvgIpc) is 2.83. The van der Waals surface area contributed by atoms with Crippen LogP contribution in [0, 0.1) is 11.8 Å². The van der Waals surface area contributed by atoms with Crippen molar-refractivity contribution in [3.8, 4) is 0 Å². The third kappa shape index (κ3) is 3.24. The Kier molecular flexibility index (Phi) is 6.07. The Bertz CT molecular complexity index is 305. The summed E-state index contributed by atoms with van der Waals surface area (Å²) in [5.74, 6) is -0.915. The summed E-state index contributed by atoms with van der Waals surface area (Å²) >= 11 is 6.59. The number of carbonyl (C=O) groups excluding carboxylic acids is 2. The number of methoxy groups -OCH3 is 2. The van der Waals surface area contributed by atoms with E-state index in [1.165, 1.54) is 14.2 Å². The van der Waals surface area contributed by atoms with Gasteiger partial charge in [0.15, 0.2) is 0 Å². The van der Waals surface area contributed by atoms with E-state index in [1.807, 2.05) is 0 Å². The Balaban J connectivity index is 2.85. The highest BCUT2D eigenvalue weighted by molar-refractivity contribution is 9.10. The monoisotopic (exact) mass is 386 g/mol. The maximum Gasteiger partial charge on any atom is 0.334 e. The Labute approximate surface area is 123 Å². The van der Waals surface area contributed by atoms with Crippen LogP contribution in [-0.2, 0) is 23.8 Å². The first-order valence-electron chi connectivity index (χ1n) is 5.49. The standard InChI is InChI=1S/C11H16Br2O5/c1-16-9(14)11(13,10(15)17-2)3-7-5-18-6-8(7)4-12/h7-8H,3-6H2,1-2H3/t7-,8+/m0/s1.